The van der Waals surface area contributed by atoms with Crippen molar-refractivity contribution in [1.29, 1.82) is 0 Å². The van der Waals surface area contributed by atoms with E-state index in [1.54, 1.807) is 41.2 Å². The molecule has 0 spiro atoms. The molecule has 1 saturated heterocycles. The van der Waals surface area contributed by atoms with Crippen LogP contribution in [0.15, 0.2) is 47.6 Å². The van der Waals surface area contributed by atoms with Crippen LogP contribution in [0.25, 0.3) is 11.0 Å². The summed E-state index contributed by atoms with van der Waals surface area (Å²) in [7, 11) is -3.86. The number of hydrogen-bond donors (Lipinski definition) is 2. The van der Waals surface area contributed by atoms with Crippen LogP contribution in [0.4, 0.5) is 17.6 Å². The minimum Gasteiger partial charge on any atom is -0.377 e. The summed E-state index contributed by atoms with van der Waals surface area (Å²) < 4.78 is 35.1. The van der Waals surface area contributed by atoms with Crippen LogP contribution in [0.1, 0.15) is 31.4 Å². The number of aryl methyl sites for hydroxylation is 1. The summed E-state index contributed by atoms with van der Waals surface area (Å²) in [5.41, 5.74) is 1.27. The van der Waals surface area contributed by atoms with Crippen molar-refractivity contribution < 1.29 is 13.2 Å². The van der Waals surface area contributed by atoms with Crippen LogP contribution in [0, 0.1) is 12.8 Å². The second kappa shape index (κ2) is 8.31. The molecule has 0 amide bonds. The van der Waals surface area contributed by atoms with E-state index in [1.165, 1.54) is 23.0 Å². The molecule has 0 bridgehead atoms. The molecule has 1 aliphatic heterocycles. The number of aromatic nitrogens is 6. The first-order valence-electron chi connectivity index (χ1n) is 11.6. The Hall–Kier alpha value is -3.51. The number of anilines is 3. The molecular formula is C23H26N8O3S. The van der Waals surface area contributed by atoms with E-state index in [4.69, 9.17) is 4.74 Å². The molecule has 2 aliphatic rings. The molecule has 3 aromatic heterocycles. The predicted molar refractivity (Wildman–Crippen MR) is 130 cm³/mol. The van der Waals surface area contributed by atoms with Gasteiger partial charge in [-0.25, -0.2) is 17.1 Å². The number of nitrogens with zero attached hydrogens (tertiary/aromatic N) is 6. The van der Waals surface area contributed by atoms with E-state index in [-0.39, 0.29) is 28.6 Å². The minimum absolute atomic E-state index is 0.162. The first-order chi connectivity index (χ1) is 16.9. The highest BCUT2D eigenvalue weighted by Crippen LogP contribution is 2.35. The van der Waals surface area contributed by atoms with E-state index in [1.807, 2.05) is 6.92 Å². The van der Waals surface area contributed by atoms with Crippen LogP contribution < -0.4 is 10.6 Å². The second-order valence-corrected chi connectivity index (χ2v) is 11.0. The highest BCUT2D eigenvalue weighted by atomic mass is 32.2. The van der Waals surface area contributed by atoms with Crippen molar-refractivity contribution in [1.82, 2.24) is 28.9 Å². The van der Waals surface area contributed by atoms with Crippen LogP contribution in [-0.2, 0) is 14.8 Å². The van der Waals surface area contributed by atoms with E-state index in [0.29, 0.717) is 36.2 Å². The number of rotatable bonds is 8. The lowest BCUT2D eigenvalue weighted by Crippen LogP contribution is -2.30. The Morgan fingerprint density at radius 1 is 1.11 bits per heavy atom. The first-order valence-corrected chi connectivity index (χ1v) is 13.1. The lowest BCUT2D eigenvalue weighted by molar-refractivity contribution is -0.0293. The van der Waals surface area contributed by atoms with Crippen LogP contribution in [-0.4, -0.2) is 56.6 Å². The Morgan fingerprint density at radius 3 is 2.57 bits per heavy atom. The number of ether oxygens (including phenoxy) is 1. The van der Waals surface area contributed by atoms with Crippen molar-refractivity contribution in [2.75, 3.05) is 23.8 Å². The van der Waals surface area contributed by atoms with Crippen LogP contribution in [0.2, 0.25) is 0 Å². The lowest BCUT2D eigenvalue weighted by atomic mass is 10.2. The van der Waals surface area contributed by atoms with Gasteiger partial charge in [-0.15, -0.1) is 5.10 Å². The predicted octanol–water partition coefficient (Wildman–Crippen LogP) is 3.09. The van der Waals surface area contributed by atoms with Gasteiger partial charge in [0.15, 0.2) is 11.5 Å². The monoisotopic (exact) mass is 494 g/mol. The van der Waals surface area contributed by atoms with Gasteiger partial charge in [0.2, 0.25) is 5.95 Å². The summed E-state index contributed by atoms with van der Waals surface area (Å²) in [6, 6.07) is 8.87. The van der Waals surface area contributed by atoms with Gasteiger partial charge in [0.05, 0.1) is 29.7 Å². The van der Waals surface area contributed by atoms with E-state index >= 15 is 0 Å². The fourth-order valence-corrected chi connectivity index (χ4v) is 5.40. The maximum absolute atomic E-state index is 13.5. The molecule has 1 saturated carbocycles. The minimum atomic E-state index is -3.86. The molecule has 182 valence electrons. The molecule has 4 heterocycles. The summed E-state index contributed by atoms with van der Waals surface area (Å²) in [6.45, 7) is 5.23. The van der Waals surface area contributed by atoms with Gasteiger partial charge in [-0.3, -0.25) is 0 Å². The zero-order valence-electron chi connectivity index (χ0n) is 19.4. The molecule has 1 atom stereocenters. The van der Waals surface area contributed by atoms with Gasteiger partial charge < -0.3 is 15.4 Å². The summed E-state index contributed by atoms with van der Waals surface area (Å²) in [6.07, 6.45) is 5.63. The maximum atomic E-state index is 13.5. The van der Waals surface area contributed by atoms with Crippen molar-refractivity contribution in [2.24, 2.45) is 5.92 Å². The number of nitrogens with one attached hydrogen (secondary N) is 2. The summed E-state index contributed by atoms with van der Waals surface area (Å²) in [5.74, 6) is 1.87. The Balaban J connectivity index is 1.41. The van der Waals surface area contributed by atoms with Crippen molar-refractivity contribution in [3.05, 3.63) is 48.3 Å². The molecule has 0 radical (unpaired) electrons. The van der Waals surface area contributed by atoms with Crippen molar-refractivity contribution in [2.45, 2.75) is 43.7 Å². The van der Waals surface area contributed by atoms with Gasteiger partial charge in [0, 0.05) is 12.2 Å². The van der Waals surface area contributed by atoms with Crippen LogP contribution >= 0.6 is 0 Å². The Labute approximate surface area is 202 Å². The van der Waals surface area contributed by atoms with Gasteiger partial charge in [-0.1, -0.05) is 22.9 Å². The zero-order chi connectivity index (χ0) is 24.2. The summed E-state index contributed by atoms with van der Waals surface area (Å²) in [5, 5.41) is 15.5. The smallest absolute Gasteiger partial charge is 0.269 e. The molecule has 11 nitrogen and oxygen atoms in total. The van der Waals surface area contributed by atoms with Crippen molar-refractivity contribution in [3.63, 3.8) is 0 Å². The van der Waals surface area contributed by atoms with E-state index < -0.39 is 10.0 Å². The number of fused-ring (bicyclic) bond motifs is 1. The molecule has 2 fully saturated rings. The zero-order valence-corrected chi connectivity index (χ0v) is 20.2. The normalized spacial score (nSPS) is 17.3. The topological polar surface area (TPSA) is 129 Å². The fraction of sp³-hybridized carbons (Fsp3) is 0.391. The molecule has 4 aromatic rings. The van der Waals surface area contributed by atoms with E-state index in [9.17, 15) is 8.42 Å². The standard InChI is InChI=1S/C23H26N8O3S/c1-14-3-7-18(8-4-14)35(32,33)31-10-9-19-21(24-15(2)16-5-6-16)26-23(27-22(19)31)25-20-11-30(29-28-20)17-12-34-13-17/h3-4,7-11,15-17H,5-6,12-13H2,1-2H3,(H2,24,25,26,27)/t15-/m0/s1. The largest absolute Gasteiger partial charge is 0.377 e. The van der Waals surface area contributed by atoms with Crippen LogP contribution in [0.3, 0.4) is 0 Å². The first kappa shape index (κ1) is 22.0. The highest BCUT2D eigenvalue weighted by Gasteiger charge is 2.29. The summed E-state index contributed by atoms with van der Waals surface area (Å²) in [4.78, 5) is 9.44. The maximum Gasteiger partial charge on any atom is 0.269 e. The Bertz CT molecular complexity index is 1490. The lowest BCUT2D eigenvalue weighted by Gasteiger charge is -2.25. The number of hydrogen-bond acceptors (Lipinski definition) is 9. The molecular weight excluding hydrogens is 468 g/mol. The fourth-order valence-electron chi connectivity index (χ4n) is 4.11. The third kappa shape index (κ3) is 4.12. The molecule has 2 N–H and O–H groups in total. The highest BCUT2D eigenvalue weighted by molar-refractivity contribution is 7.90. The van der Waals surface area contributed by atoms with Crippen molar-refractivity contribution >= 4 is 38.6 Å². The van der Waals surface area contributed by atoms with E-state index in [2.05, 4.69) is 37.8 Å². The van der Waals surface area contributed by atoms with Gasteiger partial charge in [0.1, 0.15) is 11.9 Å². The molecule has 0 unspecified atom stereocenters. The molecule has 1 aromatic carbocycles. The van der Waals surface area contributed by atoms with E-state index in [0.717, 1.165) is 5.56 Å². The Morgan fingerprint density at radius 2 is 1.89 bits per heavy atom. The number of benzene rings is 1. The Kier molecular flexibility index (Phi) is 5.22. The summed E-state index contributed by atoms with van der Waals surface area (Å²) >= 11 is 0. The second-order valence-electron chi connectivity index (χ2n) is 9.23. The molecule has 35 heavy (non-hydrogen) atoms. The van der Waals surface area contributed by atoms with Gasteiger partial charge in [0.25, 0.3) is 10.0 Å². The molecule has 12 heteroatoms. The third-order valence-electron chi connectivity index (χ3n) is 6.53. The van der Waals surface area contributed by atoms with Gasteiger partial charge >= 0.3 is 0 Å². The van der Waals surface area contributed by atoms with Crippen LogP contribution in [0.5, 0.6) is 0 Å². The third-order valence-corrected chi connectivity index (χ3v) is 8.21. The average Bonchev–Trinajstić information content (AvgIpc) is 3.41. The SMILES string of the molecule is Cc1ccc(S(=O)(=O)n2ccc3c(N[C@@H](C)C4CC4)nc(Nc4cn(C5COC5)nn4)nc32)cc1. The van der Waals surface area contributed by atoms with Crippen molar-refractivity contribution in [3.8, 4) is 0 Å². The van der Waals surface area contributed by atoms with Gasteiger partial charge in [-0.2, -0.15) is 9.97 Å². The quantitative estimate of drug-likeness (QED) is 0.380. The average molecular weight is 495 g/mol. The molecule has 1 aliphatic carbocycles. The van der Waals surface area contributed by atoms with Gasteiger partial charge in [-0.05, 0) is 50.8 Å². The molecule has 6 rings (SSSR count).